The first-order valence-corrected chi connectivity index (χ1v) is 10.6. The fraction of sp³-hybridized carbons (Fsp3) is 0.583. The predicted octanol–water partition coefficient (Wildman–Crippen LogP) is 6.54. The summed E-state index contributed by atoms with van der Waals surface area (Å²) in [7, 11) is 0. The molecule has 0 aromatic rings. The first kappa shape index (κ1) is 25.9. The molecule has 1 N–H and O–H groups in total. The molecule has 0 radical (unpaired) electrons. The van der Waals surface area contributed by atoms with Crippen molar-refractivity contribution in [2.75, 3.05) is 0 Å². The zero-order valence-electron chi connectivity index (χ0n) is 17.6. The van der Waals surface area contributed by atoms with Gasteiger partial charge in [0.15, 0.2) is 6.10 Å². The molecule has 0 spiro atoms. The molecule has 158 valence electrons. The molecular formula is C24H38O4. The smallest absolute Gasteiger partial charge is 0.345 e. The Morgan fingerprint density at radius 1 is 0.786 bits per heavy atom. The minimum Gasteiger partial charge on any atom is -0.479 e. The van der Waals surface area contributed by atoms with Crippen molar-refractivity contribution in [2.45, 2.75) is 90.6 Å². The molecule has 0 bridgehead atoms. The average molecular weight is 391 g/mol. The lowest BCUT2D eigenvalue weighted by Crippen LogP contribution is -2.26. The summed E-state index contributed by atoms with van der Waals surface area (Å²) < 4.78 is 4.93. The highest BCUT2D eigenvalue weighted by molar-refractivity contribution is 5.77. The van der Waals surface area contributed by atoms with Crippen molar-refractivity contribution >= 4 is 11.9 Å². The van der Waals surface area contributed by atoms with Crippen LogP contribution in [0.15, 0.2) is 48.6 Å². The molecule has 28 heavy (non-hydrogen) atoms. The quantitative estimate of drug-likeness (QED) is 0.174. The highest BCUT2D eigenvalue weighted by atomic mass is 16.6. The van der Waals surface area contributed by atoms with Gasteiger partial charge in [0.2, 0.25) is 0 Å². The number of carboxylic acid groups (broad SMARTS) is 1. The van der Waals surface area contributed by atoms with Crippen LogP contribution in [-0.2, 0) is 14.3 Å². The van der Waals surface area contributed by atoms with Gasteiger partial charge in [-0.1, -0.05) is 75.3 Å². The van der Waals surface area contributed by atoms with Crippen LogP contribution in [0.25, 0.3) is 0 Å². The van der Waals surface area contributed by atoms with Gasteiger partial charge in [-0.05, 0) is 51.4 Å². The minimum absolute atomic E-state index is 0.299. The number of hydrogen-bond acceptors (Lipinski definition) is 3. The number of aliphatic carboxylic acids is 1. The van der Waals surface area contributed by atoms with Crippen molar-refractivity contribution in [3.8, 4) is 0 Å². The Morgan fingerprint density at radius 2 is 1.32 bits per heavy atom. The highest BCUT2D eigenvalue weighted by Crippen LogP contribution is 2.09. The van der Waals surface area contributed by atoms with Gasteiger partial charge in [-0.3, -0.25) is 4.79 Å². The van der Waals surface area contributed by atoms with E-state index in [0.717, 1.165) is 57.8 Å². The Morgan fingerprint density at radius 3 is 1.86 bits per heavy atom. The molecule has 0 amide bonds. The molecule has 0 saturated carbocycles. The summed E-state index contributed by atoms with van der Waals surface area (Å²) in [6.07, 6.45) is 26.2. The van der Waals surface area contributed by atoms with E-state index in [2.05, 4.69) is 55.5 Å². The molecule has 0 fully saturated rings. The lowest BCUT2D eigenvalue weighted by Gasteiger charge is -2.11. The summed E-state index contributed by atoms with van der Waals surface area (Å²) in [5.41, 5.74) is 0. The van der Waals surface area contributed by atoms with Gasteiger partial charge in [0, 0.05) is 6.42 Å². The Kier molecular flexibility index (Phi) is 18.2. The van der Waals surface area contributed by atoms with E-state index in [1.807, 2.05) is 0 Å². The van der Waals surface area contributed by atoms with Gasteiger partial charge in [0.1, 0.15) is 0 Å². The Balaban J connectivity index is 3.53. The van der Waals surface area contributed by atoms with Crippen molar-refractivity contribution in [1.29, 1.82) is 0 Å². The minimum atomic E-state index is -1.08. The van der Waals surface area contributed by atoms with Crippen LogP contribution in [0, 0.1) is 0 Å². The summed E-state index contributed by atoms with van der Waals surface area (Å²) >= 11 is 0. The second-order valence-corrected chi connectivity index (χ2v) is 6.68. The molecule has 0 aliphatic carbocycles. The third-order valence-corrected chi connectivity index (χ3v) is 4.14. The van der Waals surface area contributed by atoms with Crippen LogP contribution in [-0.4, -0.2) is 23.1 Å². The van der Waals surface area contributed by atoms with Crippen molar-refractivity contribution in [1.82, 2.24) is 0 Å². The normalized spacial score (nSPS) is 13.2. The third kappa shape index (κ3) is 17.3. The molecule has 1 unspecified atom stereocenters. The van der Waals surface area contributed by atoms with Crippen LogP contribution in [0.4, 0.5) is 0 Å². The molecule has 1 atom stereocenters. The summed E-state index contributed by atoms with van der Waals surface area (Å²) in [5.74, 6) is -1.48. The van der Waals surface area contributed by atoms with E-state index in [4.69, 9.17) is 9.84 Å². The van der Waals surface area contributed by atoms with Gasteiger partial charge in [-0.25, -0.2) is 4.79 Å². The topological polar surface area (TPSA) is 63.6 Å². The SMILES string of the molecule is CC/C=C\C/C=C\C/C=C\C/C=C\CCCCCCC(=O)OC(CC)C(=O)O. The van der Waals surface area contributed by atoms with Gasteiger partial charge in [0.05, 0.1) is 0 Å². The van der Waals surface area contributed by atoms with Crippen LogP contribution in [0.3, 0.4) is 0 Å². The van der Waals surface area contributed by atoms with Crippen LogP contribution >= 0.6 is 0 Å². The lowest BCUT2D eigenvalue weighted by atomic mass is 10.1. The first-order valence-electron chi connectivity index (χ1n) is 10.6. The molecule has 4 nitrogen and oxygen atoms in total. The van der Waals surface area contributed by atoms with E-state index in [9.17, 15) is 9.59 Å². The number of ether oxygens (including phenoxy) is 1. The molecule has 0 aliphatic heterocycles. The number of carboxylic acids is 1. The third-order valence-electron chi connectivity index (χ3n) is 4.14. The maximum absolute atomic E-state index is 11.6. The van der Waals surface area contributed by atoms with Gasteiger partial charge >= 0.3 is 11.9 Å². The fourth-order valence-electron chi connectivity index (χ4n) is 2.51. The summed E-state index contributed by atoms with van der Waals surface area (Å²) in [6.45, 7) is 3.84. The number of esters is 1. The fourth-order valence-corrected chi connectivity index (χ4v) is 2.51. The van der Waals surface area contributed by atoms with Crippen molar-refractivity contribution in [3.63, 3.8) is 0 Å². The van der Waals surface area contributed by atoms with Crippen molar-refractivity contribution < 1.29 is 19.4 Å². The zero-order chi connectivity index (χ0) is 20.9. The summed E-state index contributed by atoms with van der Waals surface area (Å²) in [4.78, 5) is 22.4. The molecule has 4 heteroatoms. The second-order valence-electron chi connectivity index (χ2n) is 6.68. The highest BCUT2D eigenvalue weighted by Gasteiger charge is 2.19. The molecule has 0 heterocycles. The largest absolute Gasteiger partial charge is 0.479 e. The number of allylic oxidation sites excluding steroid dienone is 8. The molecule has 0 aromatic heterocycles. The monoisotopic (exact) mass is 390 g/mol. The van der Waals surface area contributed by atoms with Crippen LogP contribution in [0.2, 0.25) is 0 Å². The number of carbonyl (C=O) groups is 2. The van der Waals surface area contributed by atoms with Crippen molar-refractivity contribution in [2.24, 2.45) is 0 Å². The standard InChI is InChI=1S/C24H38O4/c1-3-5-6-7-8-9-10-11-12-13-14-15-16-17-18-19-20-21-23(25)28-22(4-2)24(26)27/h5-6,8-9,11-12,14-15,22H,3-4,7,10,13,16-21H2,1-2H3,(H,26,27)/b6-5-,9-8-,12-11-,15-14-. The van der Waals surface area contributed by atoms with Gasteiger partial charge in [-0.15, -0.1) is 0 Å². The molecule has 0 aliphatic rings. The second kappa shape index (κ2) is 19.7. The van der Waals surface area contributed by atoms with E-state index < -0.39 is 18.0 Å². The van der Waals surface area contributed by atoms with Crippen LogP contribution in [0.1, 0.15) is 84.5 Å². The van der Waals surface area contributed by atoms with Gasteiger partial charge < -0.3 is 9.84 Å². The number of hydrogen-bond donors (Lipinski definition) is 1. The molecule has 0 rings (SSSR count). The summed E-state index contributed by atoms with van der Waals surface area (Å²) in [5, 5.41) is 8.85. The maximum atomic E-state index is 11.6. The Bertz CT molecular complexity index is 515. The Labute approximate surface area is 171 Å². The molecule has 0 saturated heterocycles. The predicted molar refractivity (Wildman–Crippen MR) is 116 cm³/mol. The van der Waals surface area contributed by atoms with Gasteiger partial charge in [-0.2, -0.15) is 0 Å². The van der Waals surface area contributed by atoms with Crippen LogP contribution in [0.5, 0.6) is 0 Å². The zero-order valence-corrected chi connectivity index (χ0v) is 17.6. The molecular weight excluding hydrogens is 352 g/mol. The van der Waals surface area contributed by atoms with Crippen LogP contribution < -0.4 is 0 Å². The van der Waals surface area contributed by atoms with E-state index in [0.29, 0.717) is 12.8 Å². The average Bonchev–Trinajstić information content (AvgIpc) is 2.68. The maximum Gasteiger partial charge on any atom is 0.345 e. The number of carbonyl (C=O) groups excluding carboxylic acids is 1. The number of rotatable bonds is 17. The Hall–Kier alpha value is -2.10. The first-order chi connectivity index (χ1) is 13.6. The van der Waals surface area contributed by atoms with Gasteiger partial charge in [0.25, 0.3) is 0 Å². The van der Waals surface area contributed by atoms with Crippen molar-refractivity contribution in [3.05, 3.63) is 48.6 Å². The van der Waals surface area contributed by atoms with E-state index >= 15 is 0 Å². The molecule has 0 aromatic carbocycles. The van der Waals surface area contributed by atoms with E-state index in [-0.39, 0.29) is 0 Å². The number of unbranched alkanes of at least 4 members (excludes halogenated alkanes) is 4. The lowest BCUT2D eigenvalue weighted by molar-refractivity contribution is -0.164. The summed E-state index contributed by atoms with van der Waals surface area (Å²) in [6, 6.07) is 0. The van der Waals surface area contributed by atoms with E-state index in [1.54, 1.807) is 6.92 Å². The van der Waals surface area contributed by atoms with E-state index in [1.165, 1.54) is 0 Å².